The van der Waals surface area contributed by atoms with Crippen molar-refractivity contribution in [3.63, 3.8) is 0 Å². The highest BCUT2D eigenvalue weighted by molar-refractivity contribution is 5.50. The molecule has 0 saturated carbocycles. The molecular formula is C11H14O2. The highest BCUT2D eigenvalue weighted by Crippen LogP contribution is 2.19. The van der Waals surface area contributed by atoms with E-state index in [1.54, 1.807) is 7.11 Å². The van der Waals surface area contributed by atoms with E-state index in [9.17, 15) is 4.79 Å². The van der Waals surface area contributed by atoms with Gasteiger partial charge in [0.05, 0.1) is 7.11 Å². The van der Waals surface area contributed by atoms with Crippen molar-refractivity contribution >= 4 is 6.29 Å². The fourth-order valence-corrected chi connectivity index (χ4v) is 1.25. The van der Waals surface area contributed by atoms with E-state index < -0.39 is 0 Å². The Balaban J connectivity index is 2.79. The Morgan fingerprint density at radius 1 is 1.46 bits per heavy atom. The Hall–Kier alpha value is -1.31. The van der Waals surface area contributed by atoms with Crippen LogP contribution in [0.25, 0.3) is 0 Å². The predicted octanol–water partition coefficient (Wildman–Crippen LogP) is 2.14. The normalized spacial score (nSPS) is 9.69. The van der Waals surface area contributed by atoms with Gasteiger partial charge in [-0.2, -0.15) is 0 Å². The summed E-state index contributed by atoms with van der Waals surface area (Å²) in [6.07, 6.45) is 2.30. The van der Waals surface area contributed by atoms with Gasteiger partial charge in [0.1, 0.15) is 12.0 Å². The van der Waals surface area contributed by atoms with Gasteiger partial charge in [0, 0.05) is 6.42 Å². The number of carbonyl (C=O) groups is 1. The summed E-state index contributed by atoms with van der Waals surface area (Å²) in [5, 5.41) is 0. The molecule has 0 radical (unpaired) electrons. The van der Waals surface area contributed by atoms with Crippen LogP contribution in [0.2, 0.25) is 0 Å². The SMILES string of the molecule is COc1cc(CCC=O)ccc1C. The highest BCUT2D eigenvalue weighted by atomic mass is 16.5. The van der Waals surface area contributed by atoms with Crippen LogP contribution >= 0.6 is 0 Å². The molecule has 2 heteroatoms. The van der Waals surface area contributed by atoms with E-state index in [1.165, 1.54) is 0 Å². The lowest BCUT2D eigenvalue weighted by Crippen LogP contribution is -1.91. The first kappa shape index (κ1) is 9.78. The Morgan fingerprint density at radius 3 is 2.85 bits per heavy atom. The third kappa shape index (κ3) is 2.58. The van der Waals surface area contributed by atoms with Crippen LogP contribution in [0, 0.1) is 6.92 Å². The number of benzene rings is 1. The molecule has 0 saturated heterocycles. The van der Waals surface area contributed by atoms with Crippen LogP contribution in [-0.4, -0.2) is 13.4 Å². The zero-order valence-electron chi connectivity index (χ0n) is 8.04. The van der Waals surface area contributed by atoms with Crippen molar-refractivity contribution < 1.29 is 9.53 Å². The molecule has 0 spiro atoms. The van der Waals surface area contributed by atoms with Gasteiger partial charge in [-0.25, -0.2) is 0 Å². The number of methoxy groups -OCH3 is 1. The van der Waals surface area contributed by atoms with Gasteiger partial charge >= 0.3 is 0 Å². The molecule has 0 heterocycles. The van der Waals surface area contributed by atoms with Crippen LogP contribution < -0.4 is 4.74 Å². The van der Waals surface area contributed by atoms with E-state index in [0.717, 1.165) is 29.6 Å². The number of ether oxygens (including phenoxy) is 1. The Bertz CT molecular complexity index is 292. The smallest absolute Gasteiger partial charge is 0.122 e. The summed E-state index contributed by atoms with van der Waals surface area (Å²) in [5.74, 6) is 0.892. The van der Waals surface area contributed by atoms with Crippen molar-refractivity contribution in [3.05, 3.63) is 29.3 Å². The highest BCUT2D eigenvalue weighted by Gasteiger charge is 1.99. The molecule has 0 atom stereocenters. The lowest BCUT2D eigenvalue weighted by atomic mass is 10.1. The summed E-state index contributed by atoms with van der Waals surface area (Å²) in [6, 6.07) is 6.03. The standard InChI is InChI=1S/C11H14O2/c1-9-5-6-10(4-3-7-12)8-11(9)13-2/h5-8H,3-4H2,1-2H3. The molecule has 0 fully saturated rings. The molecule has 0 aliphatic heterocycles. The van der Waals surface area contributed by atoms with Crippen molar-refractivity contribution in [1.29, 1.82) is 0 Å². The first-order valence-corrected chi connectivity index (χ1v) is 4.35. The minimum Gasteiger partial charge on any atom is -0.496 e. The quantitative estimate of drug-likeness (QED) is 0.660. The molecule has 70 valence electrons. The molecule has 0 aliphatic rings. The molecule has 1 aromatic carbocycles. The summed E-state index contributed by atoms with van der Waals surface area (Å²) in [5.41, 5.74) is 2.27. The summed E-state index contributed by atoms with van der Waals surface area (Å²) in [6.45, 7) is 2.00. The average molecular weight is 178 g/mol. The van der Waals surface area contributed by atoms with Crippen LogP contribution in [0.5, 0.6) is 5.75 Å². The second kappa shape index (κ2) is 4.65. The van der Waals surface area contributed by atoms with Crippen LogP contribution in [-0.2, 0) is 11.2 Å². The summed E-state index contributed by atoms with van der Waals surface area (Å²) >= 11 is 0. The van der Waals surface area contributed by atoms with Crippen molar-refractivity contribution in [1.82, 2.24) is 0 Å². The zero-order chi connectivity index (χ0) is 9.68. The van der Waals surface area contributed by atoms with Gasteiger partial charge in [-0.3, -0.25) is 0 Å². The lowest BCUT2D eigenvalue weighted by molar-refractivity contribution is -0.107. The largest absolute Gasteiger partial charge is 0.496 e. The fourth-order valence-electron chi connectivity index (χ4n) is 1.25. The second-order valence-electron chi connectivity index (χ2n) is 3.01. The molecule has 0 unspecified atom stereocenters. The van der Waals surface area contributed by atoms with Gasteiger partial charge in [-0.05, 0) is 30.5 Å². The van der Waals surface area contributed by atoms with Gasteiger partial charge in [0.15, 0.2) is 0 Å². The van der Waals surface area contributed by atoms with Gasteiger partial charge in [-0.15, -0.1) is 0 Å². The molecule has 0 amide bonds. The Kier molecular flexibility index (Phi) is 3.50. The first-order chi connectivity index (χ1) is 6.27. The van der Waals surface area contributed by atoms with Crippen molar-refractivity contribution in [2.75, 3.05) is 7.11 Å². The van der Waals surface area contributed by atoms with Crippen molar-refractivity contribution in [2.24, 2.45) is 0 Å². The number of hydrogen-bond donors (Lipinski definition) is 0. The monoisotopic (exact) mass is 178 g/mol. The van der Waals surface area contributed by atoms with Gasteiger partial charge in [0.25, 0.3) is 0 Å². The van der Waals surface area contributed by atoms with Crippen LogP contribution in [0.1, 0.15) is 17.5 Å². The zero-order valence-corrected chi connectivity index (χ0v) is 8.04. The topological polar surface area (TPSA) is 26.3 Å². The molecule has 1 rings (SSSR count). The molecular weight excluding hydrogens is 164 g/mol. The van der Waals surface area contributed by atoms with E-state index in [-0.39, 0.29) is 0 Å². The molecule has 0 bridgehead atoms. The maximum absolute atomic E-state index is 10.2. The van der Waals surface area contributed by atoms with E-state index in [1.807, 2.05) is 25.1 Å². The summed E-state index contributed by atoms with van der Waals surface area (Å²) in [4.78, 5) is 10.2. The lowest BCUT2D eigenvalue weighted by Gasteiger charge is -2.06. The van der Waals surface area contributed by atoms with Crippen LogP contribution in [0.15, 0.2) is 18.2 Å². The van der Waals surface area contributed by atoms with Crippen molar-refractivity contribution in [2.45, 2.75) is 19.8 Å². The minimum absolute atomic E-state index is 0.576. The summed E-state index contributed by atoms with van der Waals surface area (Å²) < 4.78 is 5.18. The van der Waals surface area contributed by atoms with E-state index in [4.69, 9.17) is 4.74 Å². The Labute approximate surface area is 78.5 Å². The number of aldehydes is 1. The molecule has 13 heavy (non-hydrogen) atoms. The minimum atomic E-state index is 0.576. The Morgan fingerprint density at radius 2 is 2.23 bits per heavy atom. The number of carbonyl (C=O) groups excluding carboxylic acids is 1. The van der Waals surface area contributed by atoms with E-state index >= 15 is 0 Å². The van der Waals surface area contributed by atoms with Crippen LogP contribution in [0.4, 0.5) is 0 Å². The van der Waals surface area contributed by atoms with Gasteiger partial charge in [-0.1, -0.05) is 12.1 Å². The third-order valence-electron chi connectivity index (χ3n) is 2.02. The molecule has 0 aliphatic carbocycles. The summed E-state index contributed by atoms with van der Waals surface area (Å²) in [7, 11) is 1.66. The number of aryl methyl sites for hydroxylation is 2. The number of rotatable bonds is 4. The van der Waals surface area contributed by atoms with Crippen LogP contribution in [0.3, 0.4) is 0 Å². The molecule has 1 aromatic rings. The van der Waals surface area contributed by atoms with Gasteiger partial charge in [0.2, 0.25) is 0 Å². The maximum Gasteiger partial charge on any atom is 0.122 e. The molecule has 0 N–H and O–H groups in total. The molecule has 0 aromatic heterocycles. The predicted molar refractivity (Wildman–Crippen MR) is 52.1 cm³/mol. The van der Waals surface area contributed by atoms with Crippen molar-refractivity contribution in [3.8, 4) is 5.75 Å². The maximum atomic E-state index is 10.2. The first-order valence-electron chi connectivity index (χ1n) is 4.35. The number of hydrogen-bond acceptors (Lipinski definition) is 2. The second-order valence-corrected chi connectivity index (χ2v) is 3.01. The van der Waals surface area contributed by atoms with E-state index in [0.29, 0.717) is 6.42 Å². The average Bonchev–Trinajstić information content (AvgIpc) is 2.16. The fraction of sp³-hybridized carbons (Fsp3) is 0.364. The molecule has 2 nitrogen and oxygen atoms in total. The van der Waals surface area contributed by atoms with Gasteiger partial charge < -0.3 is 9.53 Å². The van der Waals surface area contributed by atoms with E-state index in [2.05, 4.69) is 0 Å². The third-order valence-corrected chi connectivity index (χ3v) is 2.02.